The van der Waals surface area contributed by atoms with Crippen LogP contribution in [0, 0.1) is 5.82 Å². The second-order valence-corrected chi connectivity index (χ2v) is 11.5. The fourth-order valence-electron chi connectivity index (χ4n) is 4.29. The first-order chi connectivity index (χ1) is 13.9. The van der Waals surface area contributed by atoms with E-state index in [0.717, 1.165) is 12.0 Å². The molecule has 0 amide bonds. The van der Waals surface area contributed by atoms with E-state index in [0.29, 0.717) is 17.9 Å². The molecule has 1 aliphatic heterocycles. The minimum atomic E-state index is -3.04. The lowest BCUT2D eigenvalue weighted by molar-refractivity contribution is -0.0521. The molecular weight excluding hydrogens is 396 g/mol. The SMILES string of the molecule is CC(F)CCC[SiH]1CCC(c2ccc(-c3ccc(OC(F)F)c(F)c3)cc2)CC1. The summed E-state index contributed by atoms with van der Waals surface area (Å²) in [5.74, 6) is -0.675. The first kappa shape index (κ1) is 21.9. The van der Waals surface area contributed by atoms with Crippen molar-refractivity contribution in [1.82, 2.24) is 0 Å². The van der Waals surface area contributed by atoms with E-state index in [1.165, 1.54) is 48.7 Å². The van der Waals surface area contributed by atoms with Gasteiger partial charge in [0.25, 0.3) is 0 Å². The second kappa shape index (κ2) is 10.3. The molecule has 29 heavy (non-hydrogen) atoms. The molecule has 1 heterocycles. The van der Waals surface area contributed by atoms with E-state index in [1.807, 2.05) is 12.1 Å². The molecule has 0 aromatic heterocycles. The van der Waals surface area contributed by atoms with E-state index < -0.39 is 33.1 Å². The van der Waals surface area contributed by atoms with Crippen LogP contribution in [0.1, 0.15) is 44.1 Å². The molecule has 0 aliphatic carbocycles. The zero-order chi connectivity index (χ0) is 20.8. The highest BCUT2D eigenvalue weighted by molar-refractivity contribution is 6.59. The van der Waals surface area contributed by atoms with Crippen LogP contribution in [0.3, 0.4) is 0 Å². The molecule has 1 nitrogen and oxygen atoms in total. The summed E-state index contributed by atoms with van der Waals surface area (Å²) < 4.78 is 55.6. The molecule has 0 radical (unpaired) electrons. The van der Waals surface area contributed by atoms with E-state index in [1.54, 1.807) is 13.0 Å². The summed E-state index contributed by atoms with van der Waals surface area (Å²) in [7, 11) is -0.701. The Hall–Kier alpha value is -1.82. The van der Waals surface area contributed by atoms with Crippen LogP contribution in [-0.4, -0.2) is 21.6 Å². The zero-order valence-corrected chi connectivity index (χ0v) is 17.9. The molecule has 0 spiro atoms. The lowest BCUT2D eigenvalue weighted by atomic mass is 9.92. The quantitative estimate of drug-likeness (QED) is 0.318. The highest BCUT2D eigenvalue weighted by Gasteiger charge is 2.23. The van der Waals surface area contributed by atoms with Crippen LogP contribution >= 0.6 is 0 Å². The molecule has 1 atom stereocenters. The van der Waals surface area contributed by atoms with Gasteiger partial charge in [-0.1, -0.05) is 54.9 Å². The third-order valence-electron chi connectivity index (χ3n) is 5.92. The lowest BCUT2D eigenvalue weighted by Gasteiger charge is -2.28. The third kappa shape index (κ3) is 6.33. The van der Waals surface area contributed by atoms with E-state index in [9.17, 15) is 17.6 Å². The average molecular weight is 425 g/mol. The summed E-state index contributed by atoms with van der Waals surface area (Å²) in [4.78, 5) is 0. The van der Waals surface area contributed by atoms with Gasteiger partial charge in [0.1, 0.15) is 0 Å². The van der Waals surface area contributed by atoms with Crippen molar-refractivity contribution in [3.8, 4) is 16.9 Å². The summed E-state index contributed by atoms with van der Waals surface area (Å²) in [6.45, 7) is -1.40. The maximum Gasteiger partial charge on any atom is 0.387 e. The summed E-state index contributed by atoms with van der Waals surface area (Å²) in [5, 5.41) is 0. The highest BCUT2D eigenvalue weighted by atomic mass is 28.3. The number of rotatable bonds is 8. The van der Waals surface area contributed by atoms with Gasteiger partial charge in [-0.15, -0.1) is 0 Å². The van der Waals surface area contributed by atoms with Gasteiger partial charge >= 0.3 is 6.61 Å². The van der Waals surface area contributed by atoms with Gasteiger partial charge in [0.2, 0.25) is 0 Å². The van der Waals surface area contributed by atoms with E-state index in [2.05, 4.69) is 16.9 Å². The van der Waals surface area contributed by atoms with Crippen molar-refractivity contribution in [1.29, 1.82) is 0 Å². The van der Waals surface area contributed by atoms with Gasteiger partial charge in [-0.25, -0.2) is 8.78 Å². The first-order valence-corrected chi connectivity index (χ1v) is 12.9. The maximum absolute atomic E-state index is 14.0. The molecule has 3 rings (SSSR count). The predicted molar refractivity (Wildman–Crippen MR) is 112 cm³/mol. The largest absolute Gasteiger partial charge is 0.432 e. The summed E-state index contributed by atoms with van der Waals surface area (Å²) >= 11 is 0. The van der Waals surface area contributed by atoms with Crippen molar-refractivity contribution in [3.63, 3.8) is 0 Å². The Kier molecular flexibility index (Phi) is 7.75. The summed E-state index contributed by atoms with van der Waals surface area (Å²) in [5.41, 5.74) is 2.78. The summed E-state index contributed by atoms with van der Waals surface area (Å²) in [6, 6.07) is 16.1. The molecule has 1 unspecified atom stereocenters. The first-order valence-electron chi connectivity index (χ1n) is 10.4. The van der Waals surface area contributed by atoms with Gasteiger partial charge in [0.15, 0.2) is 11.6 Å². The second-order valence-electron chi connectivity index (χ2n) is 8.08. The fourth-order valence-corrected chi connectivity index (χ4v) is 7.72. The zero-order valence-electron chi connectivity index (χ0n) is 16.7. The molecule has 1 aliphatic rings. The van der Waals surface area contributed by atoms with Crippen molar-refractivity contribution in [2.24, 2.45) is 0 Å². The number of ether oxygens (including phenoxy) is 1. The molecular formula is C23H28F4OSi. The van der Waals surface area contributed by atoms with E-state index in [4.69, 9.17) is 0 Å². The number of benzene rings is 2. The van der Waals surface area contributed by atoms with Crippen LogP contribution < -0.4 is 4.74 Å². The van der Waals surface area contributed by atoms with Crippen LogP contribution in [0.15, 0.2) is 42.5 Å². The van der Waals surface area contributed by atoms with Crippen LogP contribution in [-0.2, 0) is 0 Å². The number of hydrogen-bond acceptors (Lipinski definition) is 1. The summed E-state index contributed by atoms with van der Waals surface area (Å²) in [6.07, 6.45) is 3.46. The van der Waals surface area contributed by atoms with Gasteiger partial charge in [-0.2, -0.15) is 8.78 Å². The molecule has 6 heteroatoms. The van der Waals surface area contributed by atoms with E-state index >= 15 is 0 Å². The van der Waals surface area contributed by atoms with Crippen molar-refractivity contribution in [2.75, 3.05) is 0 Å². The van der Waals surface area contributed by atoms with Gasteiger partial charge in [-0.05, 0) is 60.9 Å². The molecule has 0 bridgehead atoms. The Morgan fingerprint density at radius 1 is 1.00 bits per heavy atom. The number of hydrogen-bond donors (Lipinski definition) is 0. The molecule has 0 saturated carbocycles. The molecule has 1 saturated heterocycles. The maximum atomic E-state index is 14.0. The average Bonchev–Trinajstić information content (AvgIpc) is 2.70. The normalized spacial score (nSPS) is 20.6. The Morgan fingerprint density at radius 3 is 2.24 bits per heavy atom. The number of halogens is 4. The predicted octanol–water partition coefficient (Wildman–Crippen LogP) is 7.34. The highest BCUT2D eigenvalue weighted by Crippen LogP contribution is 2.36. The van der Waals surface area contributed by atoms with Crippen molar-refractivity contribution in [2.45, 2.75) is 69.4 Å². The van der Waals surface area contributed by atoms with Gasteiger partial charge in [-0.3, -0.25) is 0 Å². The van der Waals surface area contributed by atoms with Crippen molar-refractivity contribution >= 4 is 8.80 Å². The van der Waals surface area contributed by atoms with Gasteiger partial charge in [0, 0.05) is 8.80 Å². The van der Waals surface area contributed by atoms with Gasteiger partial charge < -0.3 is 4.74 Å². The minimum Gasteiger partial charge on any atom is -0.432 e. The van der Waals surface area contributed by atoms with E-state index in [-0.39, 0.29) is 0 Å². The monoisotopic (exact) mass is 424 g/mol. The molecule has 2 aromatic carbocycles. The topological polar surface area (TPSA) is 9.23 Å². The van der Waals surface area contributed by atoms with Crippen LogP contribution in [0.4, 0.5) is 17.6 Å². The van der Waals surface area contributed by atoms with Crippen molar-refractivity contribution < 1.29 is 22.3 Å². The standard InChI is InChI=1S/C23H28F4OSi/c1-16(24)3-2-12-29-13-10-19(11-14-29)17-4-6-18(7-5-17)20-8-9-22(21(25)15-20)28-23(26)27/h4-9,15-16,19,23,29H,2-3,10-14H2,1H3. The Morgan fingerprint density at radius 2 is 1.66 bits per heavy atom. The van der Waals surface area contributed by atoms with Crippen LogP contribution in [0.5, 0.6) is 5.75 Å². The van der Waals surface area contributed by atoms with Crippen LogP contribution in [0.2, 0.25) is 18.1 Å². The molecule has 2 aromatic rings. The molecule has 158 valence electrons. The van der Waals surface area contributed by atoms with Crippen molar-refractivity contribution in [3.05, 3.63) is 53.8 Å². The molecule has 0 N–H and O–H groups in total. The fraction of sp³-hybridized carbons (Fsp3) is 0.478. The Bertz CT molecular complexity index is 771. The smallest absolute Gasteiger partial charge is 0.387 e. The third-order valence-corrected chi connectivity index (χ3v) is 9.45. The Labute approximate surface area is 171 Å². The van der Waals surface area contributed by atoms with Gasteiger partial charge in [0.05, 0.1) is 6.17 Å². The molecule has 1 fully saturated rings. The number of alkyl halides is 3. The Balaban J connectivity index is 1.56. The lowest BCUT2D eigenvalue weighted by Crippen LogP contribution is -2.20. The minimum absolute atomic E-state index is 0.442. The van der Waals surface area contributed by atoms with Crippen LogP contribution in [0.25, 0.3) is 11.1 Å².